The number of methoxy groups -OCH3 is 1. The molecule has 1 aromatic heterocycles. The van der Waals surface area contributed by atoms with E-state index in [1.54, 1.807) is 25.3 Å². The number of aromatic nitrogens is 1. The largest absolute Gasteiger partial charge is 0.436 e. The van der Waals surface area contributed by atoms with Gasteiger partial charge in [0.2, 0.25) is 0 Å². The first-order valence-electron chi connectivity index (χ1n) is 5.47. The molecule has 1 heterocycles. The van der Waals surface area contributed by atoms with Gasteiger partial charge in [0.15, 0.2) is 17.5 Å². The molecule has 0 unspecified atom stereocenters. The zero-order valence-corrected chi connectivity index (χ0v) is 10.2. The molecule has 1 aromatic carbocycles. The first-order valence-corrected chi connectivity index (χ1v) is 5.47. The van der Waals surface area contributed by atoms with Crippen molar-refractivity contribution in [1.82, 2.24) is 4.98 Å². The van der Waals surface area contributed by atoms with E-state index in [-0.39, 0.29) is 5.88 Å². The molecule has 0 saturated carbocycles. The third-order valence-electron chi connectivity index (χ3n) is 2.35. The van der Waals surface area contributed by atoms with E-state index >= 15 is 0 Å². The molecule has 0 spiro atoms. The van der Waals surface area contributed by atoms with Crippen LogP contribution in [0.5, 0.6) is 11.6 Å². The molecule has 6 heteroatoms. The van der Waals surface area contributed by atoms with Crippen LogP contribution in [0.2, 0.25) is 0 Å². The van der Waals surface area contributed by atoms with Gasteiger partial charge >= 0.3 is 0 Å². The van der Waals surface area contributed by atoms with Crippen LogP contribution in [-0.4, -0.2) is 12.1 Å². The number of anilines is 1. The second kappa shape index (κ2) is 5.62. The molecule has 0 aliphatic rings. The highest BCUT2D eigenvalue weighted by Gasteiger charge is 2.12. The van der Waals surface area contributed by atoms with E-state index in [9.17, 15) is 8.78 Å². The quantitative estimate of drug-likeness (QED) is 0.924. The Bertz CT molecular complexity index is 591. The molecule has 0 atom stereocenters. The van der Waals surface area contributed by atoms with Crippen molar-refractivity contribution >= 4 is 5.82 Å². The molecule has 0 fully saturated rings. The number of nitrogen functional groups attached to an aromatic ring is 1. The van der Waals surface area contributed by atoms with E-state index in [0.29, 0.717) is 18.4 Å². The van der Waals surface area contributed by atoms with E-state index in [4.69, 9.17) is 15.2 Å². The number of nitrogens with two attached hydrogens (primary N) is 1. The van der Waals surface area contributed by atoms with Crippen molar-refractivity contribution in [2.45, 2.75) is 6.61 Å². The molecular formula is C13H12F2N2O2. The molecule has 0 saturated heterocycles. The minimum Gasteiger partial charge on any atom is -0.436 e. The Labute approximate surface area is 108 Å². The van der Waals surface area contributed by atoms with Crippen LogP contribution in [0.25, 0.3) is 0 Å². The van der Waals surface area contributed by atoms with Crippen molar-refractivity contribution < 1.29 is 18.3 Å². The minimum atomic E-state index is -0.919. The lowest BCUT2D eigenvalue weighted by Gasteiger charge is -2.08. The maximum atomic E-state index is 13.5. The molecule has 2 rings (SSSR count). The van der Waals surface area contributed by atoms with Crippen LogP contribution >= 0.6 is 0 Å². The van der Waals surface area contributed by atoms with Crippen molar-refractivity contribution in [3.05, 3.63) is 47.5 Å². The standard InChI is InChI=1S/C13H12F2N2O2/c1-18-7-8-3-2-4-9(5-8)19-13-11(15)6-10(14)12(16)17-13/h2-6H,7H2,1H3,(H2,16,17). The Morgan fingerprint density at radius 2 is 2.00 bits per heavy atom. The zero-order chi connectivity index (χ0) is 13.8. The third kappa shape index (κ3) is 3.17. The molecule has 0 radical (unpaired) electrons. The van der Waals surface area contributed by atoms with E-state index < -0.39 is 17.5 Å². The van der Waals surface area contributed by atoms with Gasteiger partial charge in [-0.25, -0.2) is 8.78 Å². The molecule has 100 valence electrons. The average Bonchev–Trinajstić information content (AvgIpc) is 2.37. The molecule has 0 aliphatic carbocycles. The Balaban J connectivity index is 2.25. The van der Waals surface area contributed by atoms with Crippen LogP contribution in [-0.2, 0) is 11.3 Å². The Morgan fingerprint density at radius 1 is 1.21 bits per heavy atom. The van der Waals surface area contributed by atoms with Crippen molar-refractivity contribution in [3.63, 3.8) is 0 Å². The molecule has 0 amide bonds. The Morgan fingerprint density at radius 3 is 2.74 bits per heavy atom. The Kier molecular flexibility index (Phi) is 3.91. The van der Waals surface area contributed by atoms with Crippen LogP contribution in [0.4, 0.5) is 14.6 Å². The number of nitrogens with zero attached hydrogens (tertiary/aromatic N) is 1. The number of hydrogen-bond donors (Lipinski definition) is 1. The van der Waals surface area contributed by atoms with E-state index in [1.165, 1.54) is 0 Å². The van der Waals surface area contributed by atoms with Crippen LogP contribution < -0.4 is 10.5 Å². The van der Waals surface area contributed by atoms with Gasteiger partial charge in [0, 0.05) is 13.2 Å². The summed E-state index contributed by atoms with van der Waals surface area (Å²) in [5.74, 6) is -2.24. The van der Waals surface area contributed by atoms with Crippen molar-refractivity contribution in [1.29, 1.82) is 0 Å². The van der Waals surface area contributed by atoms with Gasteiger partial charge < -0.3 is 15.2 Å². The first kappa shape index (κ1) is 13.2. The zero-order valence-electron chi connectivity index (χ0n) is 10.2. The second-order valence-corrected chi connectivity index (χ2v) is 3.82. The smallest absolute Gasteiger partial charge is 0.258 e. The predicted octanol–water partition coefficient (Wildman–Crippen LogP) is 2.88. The second-order valence-electron chi connectivity index (χ2n) is 3.82. The summed E-state index contributed by atoms with van der Waals surface area (Å²) in [5.41, 5.74) is 6.12. The van der Waals surface area contributed by atoms with Gasteiger partial charge in [0.25, 0.3) is 5.88 Å². The normalized spacial score (nSPS) is 10.5. The van der Waals surface area contributed by atoms with Gasteiger partial charge in [-0.3, -0.25) is 0 Å². The molecule has 2 aromatic rings. The monoisotopic (exact) mass is 266 g/mol. The first-order chi connectivity index (χ1) is 9.10. The summed E-state index contributed by atoms with van der Waals surface area (Å²) >= 11 is 0. The fourth-order valence-corrected chi connectivity index (χ4v) is 1.51. The lowest BCUT2D eigenvalue weighted by atomic mass is 10.2. The summed E-state index contributed by atoms with van der Waals surface area (Å²) in [5, 5.41) is 0. The number of pyridine rings is 1. The van der Waals surface area contributed by atoms with E-state index in [0.717, 1.165) is 5.56 Å². The summed E-state index contributed by atoms with van der Waals surface area (Å²) in [6, 6.07) is 7.49. The lowest BCUT2D eigenvalue weighted by molar-refractivity contribution is 0.184. The predicted molar refractivity (Wildman–Crippen MR) is 65.8 cm³/mol. The topological polar surface area (TPSA) is 57.4 Å². The third-order valence-corrected chi connectivity index (χ3v) is 2.35. The number of benzene rings is 1. The van der Waals surface area contributed by atoms with Crippen LogP contribution in [0.1, 0.15) is 5.56 Å². The Hall–Kier alpha value is -2.21. The fourth-order valence-electron chi connectivity index (χ4n) is 1.51. The van der Waals surface area contributed by atoms with Gasteiger partial charge in [0.1, 0.15) is 5.75 Å². The highest BCUT2D eigenvalue weighted by Crippen LogP contribution is 2.25. The van der Waals surface area contributed by atoms with Gasteiger partial charge in [-0.15, -0.1) is 0 Å². The maximum Gasteiger partial charge on any atom is 0.258 e. The summed E-state index contributed by atoms with van der Waals surface area (Å²) in [6.45, 7) is 0.401. The van der Waals surface area contributed by atoms with Gasteiger partial charge in [0.05, 0.1) is 6.61 Å². The van der Waals surface area contributed by atoms with Gasteiger partial charge in [-0.05, 0) is 17.7 Å². The molecule has 0 aliphatic heterocycles. The number of ether oxygens (including phenoxy) is 2. The van der Waals surface area contributed by atoms with E-state index in [1.807, 2.05) is 6.07 Å². The summed E-state index contributed by atoms with van der Waals surface area (Å²) in [4.78, 5) is 3.52. The molecular weight excluding hydrogens is 254 g/mol. The van der Waals surface area contributed by atoms with Gasteiger partial charge in [-0.2, -0.15) is 4.98 Å². The lowest BCUT2D eigenvalue weighted by Crippen LogP contribution is -2.00. The van der Waals surface area contributed by atoms with Crippen LogP contribution in [0.3, 0.4) is 0 Å². The SMILES string of the molecule is COCc1cccc(Oc2nc(N)c(F)cc2F)c1. The summed E-state index contributed by atoms with van der Waals surface area (Å²) in [7, 11) is 1.56. The van der Waals surface area contributed by atoms with Gasteiger partial charge in [-0.1, -0.05) is 12.1 Å². The van der Waals surface area contributed by atoms with Crippen molar-refractivity contribution in [3.8, 4) is 11.6 Å². The highest BCUT2D eigenvalue weighted by molar-refractivity contribution is 5.37. The van der Waals surface area contributed by atoms with E-state index in [2.05, 4.69) is 4.98 Å². The number of halogens is 2. The molecule has 19 heavy (non-hydrogen) atoms. The number of hydrogen-bond acceptors (Lipinski definition) is 4. The van der Waals surface area contributed by atoms with Crippen molar-refractivity contribution in [2.75, 3.05) is 12.8 Å². The fraction of sp³-hybridized carbons (Fsp3) is 0.154. The van der Waals surface area contributed by atoms with Crippen LogP contribution in [0, 0.1) is 11.6 Å². The molecule has 2 N–H and O–H groups in total. The average molecular weight is 266 g/mol. The molecule has 0 bridgehead atoms. The molecule has 4 nitrogen and oxygen atoms in total. The number of rotatable bonds is 4. The van der Waals surface area contributed by atoms with Crippen molar-refractivity contribution in [2.24, 2.45) is 0 Å². The summed E-state index contributed by atoms with van der Waals surface area (Å²) in [6.07, 6.45) is 0. The minimum absolute atomic E-state index is 0.367. The highest BCUT2D eigenvalue weighted by atomic mass is 19.1. The maximum absolute atomic E-state index is 13.5. The summed E-state index contributed by atoms with van der Waals surface area (Å²) < 4.78 is 36.6. The van der Waals surface area contributed by atoms with Crippen LogP contribution in [0.15, 0.2) is 30.3 Å².